The number of nitrogens with one attached hydrogen (secondary N) is 2. The summed E-state index contributed by atoms with van der Waals surface area (Å²) in [5, 5.41) is 6.59. The van der Waals surface area contributed by atoms with Gasteiger partial charge in [0.15, 0.2) is 0 Å². The van der Waals surface area contributed by atoms with Crippen LogP contribution in [0.25, 0.3) is 0 Å². The van der Waals surface area contributed by atoms with E-state index in [1.165, 1.54) is 5.56 Å². The van der Waals surface area contributed by atoms with Gasteiger partial charge in [0, 0.05) is 17.6 Å². The van der Waals surface area contributed by atoms with Crippen LogP contribution in [0.4, 0.5) is 0 Å². The van der Waals surface area contributed by atoms with E-state index >= 15 is 0 Å². The van der Waals surface area contributed by atoms with Crippen molar-refractivity contribution in [1.29, 1.82) is 0 Å². The maximum absolute atomic E-state index is 12.3. The highest BCUT2D eigenvalue weighted by Crippen LogP contribution is 2.17. The Kier molecular flexibility index (Phi) is 4.59. The number of hydrogen-bond donors (Lipinski definition) is 2. The fraction of sp³-hybridized carbons (Fsp3) is 0.562. The maximum atomic E-state index is 12.3. The van der Waals surface area contributed by atoms with Crippen molar-refractivity contribution in [3.05, 3.63) is 35.4 Å². The SMILES string of the molecule is CCc1ccc(C(=O)NC2C(C)CCNC2C)cc1. The van der Waals surface area contributed by atoms with E-state index in [4.69, 9.17) is 0 Å². The van der Waals surface area contributed by atoms with Gasteiger partial charge < -0.3 is 10.6 Å². The molecule has 3 nitrogen and oxygen atoms in total. The van der Waals surface area contributed by atoms with Crippen LogP contribution in [0.3, 0.4) is 0 Å². The van der Waals surface area contributed by atoms with Crippen LogP contribution < -0.4 is 10.6 Å². The molecule has 1 saturated heterocycles. The molecule has 3 unspecified atom stereocenters. The molecular formula is C16H24N2O. The molecular weight excluding hydrogens is 236 g/mol. The zero-order valence-corrected chi connectivity index (χ0v) is 12.1. The Morgan fingerprint density at radius 3 is 2.58 bits per heavy atom. The second-order valence-corrected chi connectivity index (χ2v) is 5.56. The Morgan fingerprint density at radius 2 is 2.00 bits per heavy atom. The lowest BCUT2D eigenvalue weighted by Crippen LogP contribution is -2.55. The van der Waals surface area contributed by atoms with Crippen LogP contribution in [-0.4, -0.2) is 24.5 Å². The second-order valence-electron chi connectivity index (χ2n) is 5.56. The van der Waals surface area contributed by atoms with Crippen LogP contribution in [0.1, 0.15) is 43.1 Å². The molecule has 0 bridgehead atoms. The molecule has 0 aliphatic carbocycles. The van der Waals surface area contributed by atoms with Gasteiger partial charge >= 0.3 is 0 Å². The van der Waals surface area contributed by atoms with Gasteiger partial charge in [0.25, 0.3) is 5.91 Å². The average Bonchev–Trinajstić information content (AvgIpc) is 2.43. The summed E-state index contributed by atoms with van der Waals surface area (Å²) in [5.74, 6) is 0.560. The minimum atomic E-state index is 0.0371. The Hall–Kier alpha value is -1.35. The Balaban J connectivity index is 2.02. The van der Waals surface area contributed by atoms with E-state index in [9.17, 15) is 4.79 Å². The number of hydrogen-bond acceptors (Lipinski definition) is 2. The van der Waals surface area contributed by atoms with Gasteiger partial charge in [-0.3, -0.25) is 4.79 Å². The van der Waals surface area contributed by atoms with Gasteiger partial charge in [-0.1, -0.05) is 26.0 Å². The first-order valence-electron chi connectivity index (χ1n) is 7.25. The van der Waals surface area contributed by atoms with Crippen molar-refractivity contribution in [2.24, 2.45) is 5.92 Å². The summed E-state index contributed by atoms with van der Waals surface area (Å²) in [7, 11) is 0. The number of benzene rings is 1. The molecule has 1 aromatic carbocycles. The molecule has 3 heteroatoms. The van der Waals surface area contributed by atoms with Crippen molar-refractivity contribution in [3.63, 3.8) is 0 Å². The molecule has 1 fully saturated rings. The monoisotopic (exact) mass is 260 g/mol. The first-order chi connectivity index (χ1) is 9.11. The first kappa shape index (κ1) is 14.1. The van der Waals surface area contributed by atoms with Gasteiger partial charge in [0.05, 0.1) is 0 Å². The third kappa shape index (κ3) is 3.35. The quantitative estimate of drug-likeness (QED) is 0.876. The van der Waals surface area contributed by atoms with Gasteiger partial charge in [-0.05, 0) is 49.9 Å². The highest BCUT2D eigenvalue weighted by atomic mass is 16.1. The Morgan fingerprint density at radius 1 is 1.32 bits per heavy atom. The van der Waals surface area contributed by atoms with Gasteiger partial charge in [0.1, 0.15) is 0 Å². The minimum Gasteiger partial charge on any atom is -0.347 e. The van der Waals surface area contributed by atoms with E-state index in [2.05, 4.69) is 31.4 Å². The highest BCUT2D eigenvalue weighted by molar-refractivity contribution is 5.94. The molecule has 0 spiro atoms. The van der Waals surface area contributed by atoms with E-state index < -0.39 is 0 Å². The summed E-state index contributed by atoms with van der Waals surface area (Å²) < 4.78 is 0. The Bertz CT molecular complexity index is 417. The number of piperidine rings is 1. The normalized spacial score (nSPS) is 27.0. The summed E-state index contributed by atoms with van der Waals surface area (Å²) in [4.78, 5) is 12.3. The van der Waals surface area contributed by atoms with Crippen LogP contribution in [0, 0.1) is 5.92 Å². The lowest BCUT2D eigenvalue weighted by Gasteiger charge is -2.36. The van der Waals surface area contributed by atoms with Crippen LogP contribution in [-0.2, 0) is 6.42 Å². The molecule has 2 N–H and O–H groups in total. The highest BCUT2D eigenvalue weighted by Gasteiger charge is 2.28. The smallest absolute Gasteiger partial charge is 0.251 e. The van der Waals surface area contributed by atoms with E-state index in [-0.39, 0.29) is 11.9 Å². The zero-order valence-electron chi connectivity index (χ0n) is 12.1. The Labute approximate surface area is 115 Å². The number of aryl methyl sites for hydroxylation is 1. The summed E-state index contributed by atoms with van der Waals surface area (Å²) >= 11 is 0. The number of carbonyl (C=O) groups is 1. The molecule has 0 aromatic heterocycles. The average molecular weight is 260 g/mol. The minimum absolute atomic E-state index is 0.0371. The number of carbonyl (C=O) groups excluding carboxylic acids is 1. The van der Waals surface area contributed by atoms with Gasteiger partial charge in [-0.25, -0.2) is 0 Å². The van der Waals surface area contributed by atoms with Crippen molar-refractivity contribution in [3.8, 4) is 0 Å². The zero-order chi connectivity index (χ0) is 13.8. The van der Waals surface area contributed by atoms with Crippen LogP contribution in [0.5, 0.6) is 0 Å². The van der Waals surface area contributed by atoms with Crippen molar-refractivity contribution >= 4 is 5.91 Å². The maximum Gasteiger partial charge on any atom is 0.251 e. The number of rotatable bonds is 3. The second kappa shape index (κ2) is 6.20. The molecule has 0 radical (unpaired) electrons. The lowest BCUT2D eigenvalue weighted by atomic mass is 9.89. The topological polar surface area (TPSA) is 41.1 Å². The summed E-state index contributed by atoms with van der Waals surface area (Å²) in [6, 6.07) is 8.44. The molecule has 1 aliphatic heterocycles. The molecule has 1 amide bonds. The molecule has 1 aromatic rings. The molecule has 1 heterocycles. The predicted octanol–water partition coefficient (Wildman–Crippen LogP) is 2.37. The van der Waals surface area contributed by atoms with Crippen molar-refractivity contribution < 1.29 is 4.79 Å². The molecule has 3 atom stereocenters. The van der Waals surface area contributed by atoms with E-state index in [1.807, 2.05) is 24.3 Å². The van der Waals surface area contributed by atoms with E-state index in [0.29, 0.717) is 12.0 Å². The summed E-state index contributed by atoms with van der Waals surface area (Å²) in [6.07, 6.45) is 2.12. The van der Waals surface area contributed by atoms with E-state index in [0.717, 1.165) is 24.9 Å². The third-order valence-electron chi connectivity index (χ3n) is 4.14. The molecule has 1 aliphatic rings. The standard InChI is InChI=1S/C16H24N2O/c1-4-13-5-7-14(8-6-13)16(19)18-15-11(2)9-10-17-12(15)3/h5-8,11-12,15,17H,4,9-10H2,1-3H3,(H,18,19). The van der Waals surface area contributed by atoms with E-state index in [1.54, 1.807) is 0 Å². The molecule has 0 saturated carbocycles. The molecule has 19 heavy (non-hydrogen) atoms. The fourth-order valence-corrected chi connectivity index (χ4v) is 2.73. The van der Waals surface area contributed by atoms with Gasteiger partial charge in [-0.2, -0.15) is 0 Å². The number of amides is 1. The van der Waals surface area contributed by atoms with Crippen molar-refractivity contribution in [1.82, 2.24) is 10.6 Å². The largest absolute Gasteiger partial charge is 0.347 e. The van der Waals surface area contributed by atoms with Crippen LogP contribution >= 0.6 is 0 Å². The summed E-state index contributed by atoms with van der Waals surface area (Å²) in [5.41, 5.74) is 2.01. The van der Waals surface area contributed by atoms with Gasteiger partial charge in [-0.15, -0.1) is 0 Å². The third-order valence-corrected chi connectivity index (χ3v) is 4.14. The van der Waals surface area contributed by atoms with Crippen LogP contribution in [0.15, 0.2) is 24.3 Å². The summed E-state index contributed by atoms with van der Waals surface area (Å²) in [6.45, 7) is 7.51. The van der Waals surface area contributed by atoms with Crippen molar-refractivity contribution in [2.45, 2.75) is 45.7 Å². The molecule has 2 rings (SSSR count). The first-order valence-corrected chi connectivity index (χ1v) is 7.25. The van der Waals surface area contributed by atoms with Gasteiger partial charge in [0.2, 0.25) is 0 Å². The predicted molar refractivity (Wildman–Crippen MR) is 78.3 cm³/mol. The van der Waals surface area contributed by atoms with Crippen molar-refractivity contribution in [2.75, 3.05) is 6.54 Å². The fourth-order valence-electron chi connectivity index (χ4n) is 2.73. The lowest BCUT2D eigenvalue weighted by molar-refractivity contribution is 0.0897. The molecule has 104 valence electrons. The van der Waals surface area contributed by atoms with Crippen LogP contribution in [0.2, 0.25) is 0 Å².